The Balaban J connectivity index is 0.789. The number of hydrogen-bond acceptors (Lipinski definition) is 15. The van der Waals surface area contributed by atoms with Crippen molar-refractivity contribution in [3.63, 3.8) is 0 Å². The molecule has 65 heavy (non-hydrogen) atoms. The number of amides is 4. The van der Waals surface area contributed by atoms with Crippen LogP contribution in [0.25, 0.3) is 0 Å². The molecule has 1 atom stereocenters. The number of aromatic nitrogens is 3. The van der Waals surface area contributed by atoms with Crippen molar-refractivity contribution in [2.45, 2.75) is 101 Å². The average Bonchev–Trinajstić information content (AvgIpc) is 3.48. The smallest absolute Gasteiger partial charge is 0.262 e. The topological polar surface area (TPSA) is 199 Å². The summed E-state index contributed by atoms with van der Waals surface area (Å²) >= 11 is 6.51. The van der Waals surface area contributed by atoms with Gasteiger partial charge in [-0.3, -0.25) is 39.2 Å². The first-order valence-electron chi connectivity index (χ1n) is 22.2. The molecule has 0 bridgehead atoms. The van der Waals surface area contributed by atoms with Gasteiger partial charge in [-0.1, -0.05) is 11.6 Å². The van der Waals surface area contributed by atoms with Gasteiger partial charge in [0.2, 0.25) is 17.8 Å². The molecule has 5 aliphatic rings. The highest BCUT2D eigenvalue weighted by Crippen LogP contribution is 2.40. The van der Waals surface area contributed by atoms with Gasteiger partial charge in [0.25, 0.3) is 11.8 Å². The molecule has 4 saturated heterocycles. The van der Waals surface area contributed by atoms with Crippen LogP contribution in [-0.2, 0) is 19.4 Å². The van der Waals surface area contributed by atoms with Crippen LogP contribution in [0.5, 0.6) is 5.75 Å². The molecule has 4 amide bonds. The maximum absolute atomic E-state index is 13.4. The zero-order valence-electron chi connectivity index (χ0n) is 37.0. The first-order valence-corrected chi connectivity index (χ1v) is 24.1. The van der Waals surface area contributed by atoms with Gasteiger partial charge in [-0.25, -0.2) is 18.4 Å². The molecule has 4 aromatic rings. The van der Waals surface area contributed by atoms with E-state index in [1.165, 1.54) is 18.0 Å². The molecule has 9 rings (SSSR count). The molecule has 342 valence electrons. The van der Waals surface area contributed by atoms with Crippen molar-refractivity contribution in [3.8, 4) is 5.75 Å². The van der Waals surface area contributed by atoms with Crippen LogP contribution in [0.3, 0.4) is 0 Å². The molecule has 0 radical (unpaired) electrons. The number of benzene rings is 2. The number of ether oxygens (including phenoxy) is 1. The van der Waals surface area contributed by atoms with Crippen molar-refractivity contribution < 1.29 is 32.3 Å². The van der Waals surface area contributed by atoms with Crippen molar-refractivity contribution in [1.29, 1.82) is 0 Å². The molecule has 0 spiro atoms. The van der Waals surface area contributed by atoms with E-state index in [0.717, 1.165) is 68.3 Å². The molecule has 5 aliphatic heterocycles. The van der Waals surface area contributed by atoms with Gasteiger partial charge in [-0.15, -0.1) is 0 Å². The number of rotatable bonds is 13. The molecule has 7 heterocycles. The summed E-state index contributed by atoms with van der Waals surface area (Å²) in [7, 11) is -3.69. The quantitative estimate of drug-likeness (QED) is 0.143. The van der Waals surface area contributed by atoms with Crippen molar-refractivity contribution in [2.75, 3.05) is 54.8 Å². The predicted molar refractivity (Wildman–Crippen MR) is 245 cm³/mol. The van der Waals surface area contributed by atoms with Gasteiger partial charge in [0, 0.05) is 56.6 Å². The zero-order valence-corrected chi connectivity index (χ0v) is 38.6. The highest BCUT2D eigenvalue weighted by molar-refractivity contribution is 7.92. The number of fused-ring (bicyclic) bond motifs is 1. The number of hydrogen-bond donors (Lipinski definition) is 3. The summed E-state index contributed by atoms with van der Waals surface area (Å²) in [6, 6.07) is 12.7. The van der Waals surface area contributed by atoms with E-state index in [9.17, 15) is 27.6 Å². The molecule has 2 aromatic heterocycles. The number of likely N-dealkylation sites (tertiary alicyclic amines) is 2. The number of carbonyl (C=O) groups is 4. The minimum absolute atomic E-state index is 0.0842. The van der Waals surface area contributed by atoms with Gasteiger partial charge in [0.05, 0.1) is 40.1 Å². The fourth-order valence-electron chi connectivity index (χ4n) is 9.44. The number of aryl methyl sites for hydroxylation is 1. The highest BCUT2D eigenvalue weighted by atomic mass is 35.5. The fraction of sp³-hybridized carbons (Fsp3) is 0.457. The first kappa shape index (κ1) is 44.5. The Morgan fingerprint density at radius 2 is 1.57 bits per heavy atom. The predicted octanol–water partition coefficient (Wildman–Crippen LogP) is 5.44. The molecule has 17 nitrogen and oxygen atoms in total. The van der Waals surface area contributed by atoms with E-state index in [2.05, 4.69) is 64.7 Å². The lowest BCUT2D eigenvalue weighted by molar-refractivity contribution is -0.136. The molecular weight excluding hydrogens is 872 g/mol. The average molecular weight is 926 g/mol. The molecule has 2 aromatic carbocycles. The number of imide groups is 2. The largest absolute Gasteiger partial charge is 0.489 e. The number of anilines is 5. The summed E-state index contributed by atoms with van der Waals surface area (Å²) in [5.41, 5.74) is 4.82. The van der Waals surface area contributed by atoms with Crippen LogP contribution < -0.4 is 25.6 Å². The second-order valence-electron chi connectivity index (χ2n) is 18.1. The lowest BCUT2D eigenvalue weighted by Gasteiger charge is -2.55. The number of nitrogens with one attached hydrogen (secondary N) is 3. The van der Waals surface area contributed by atoms with Crippen LogP contribution in [0, 0.1) is 6.92 Å². The van der Waals surface area contributed by atoms with E-state index in [-0.39, 0.29) is 52.0 Å². The maximum atomic E-state index is 13.4. The highest BCUT2D eigenvalue weighted by Gasteiger charge is 2.46. The Morgan fingerprint density at radius 1 is 0.846 bits per heavy atom. The zero-order chi connectivity index (χ0) is 45.9. The standard InChI is InChI=1S/C46H53ClN10O7S/c1-25(2)64-39-19-33(27(5)17-37(39)51-46-49-20-35(47)41(53-46)50-36-7-6-14-48-43(36)65(62,63)26(3)4)28-12-15-54(16-13-28)30-21-56(22-30)31-23-55(24-31)29-8-9-32-34(18-29)45(61)57(44(32)60)38-10-11-40(58)52-42(38)59/h6-9,14,17-20,25-26,28,30-31,38H,10-13,15-16,21-24H2,1-5H3,(H,52,58,59)(H2,49,50,51,53). The van der Waals surface area contributed by atoms with Gasteiger partial charge in [0.1, 0.15) is 16.8 Å². The summed E-state index contributed by atoms with van der Waals surface area (Å²) in [6.07, 6.45) is 5.08. The normalized spacial score (nSPS) is 20.3. The van der Waals surface area contributed by atoms with Crippen molar-refractivity contribution in [3.05, 3.63) is 82.1 Å². The number of halogens is 1. The number of nitrogens with zero attached hydrogens (tertiary/aromatic N) is 7. The van der Waals surface area contributed by atoms with Crippen molar-refractivity contribution in [1.82, 2.24) is 35.0 Å². The monoisotopic (exact) mass is 924 g/mol. The Kier molecular flexibility index (Phi) is 12.1. The van der Waals surface area contributed by atoms with Crippen LogP contribution in [0.2, 0.25) is 5.02 Å². The number of carbonyl (C=O) groups excluding carboxylic acids is 4. The lowest BCUT2D eigenvalue weighted by atomic mass is 9.85. The molecule has 0 saturated carbocycles. The van der Waals surface area contributed by atoms with E-state index in [1.54, 1.807) is 38.1 Å². The van der Waals surface area contributed by atoms with Crippen LogP contribution in [0.4, 0.5) is 28.8 Å². The number of sulfone groups is 1. The van der Waals surface area contributed by atoms with Gasteiger partial charge in [-0.05, 0) is 126 Å². The second kappa shape index (κ2) is 17.6. The van der Waals surface area contributed by atoms with Crippen LogP contribution in [0.15, 0.2) is 59.9 Å². The molecule has 0 aliphatic carbocycles. The SMILES string of the molecule is Cc1cc(Nc2ncc(Cl)c(Nc3cccnc3S(=O)(=O)C(C)C)n2)c(OC(C)C)cc1C1CCN(C2CN(C3CN(c4ccc5c(c4)C(=O)N(C4CCC(=O)NC4=O)C5=O)C3)C2)CC1. The van der Waals surface area contributed by atoms with Crippen LogP contribution >= 0.6 is 11.6 Å². The first-order chi connectivity index (χ1) is 31.0. The van der Waals surface area contributed by atoms with Crippen molar-refractivity contribution in [2.24, 2.45) is 0 Å². The molecule has 19 heteroatoms. The van der Waals surface area contributed by atoms with Gasteiger partial charge < -0.3 is 20.3 Å². The maximum Gasteiger partial charge on any atom is 0.262 e. The van der Waals surface area contributed by atoms with Gasteiger partial charge >= 0.3 is 0 Å². The summed E-state index contributed by atoms with van der Waals surface area (Å²) in [4.78, 5) is 72.2. The van der Waals surface area contributed by atoms with Crippen molar-refractivity contribution >= 4 is 73.9 Å². The second-order valence-corrected chi connectivity index (χ2v) is 20.9. The minimum atomic E-state index is -3.69. The number of pyridine rings is 1. The molecule has 4 fully saturated rings. The molecule has 1 unspecified atom stereocenters. The third-order valence-electron chi connectivity index (χ3n) is 13.2. The van der Waals surface area contributed by atoms with Crippen LogP contribution in [0.1, 0.15) is 91.1 Å². The Morgan fingerprint density at radius 3 is 2.28 bits per heavy atom. The summed E-state index contributed by atoms with van der Waals surface area (Å²) in [5.74, 6) is -0.455. The molecule has 3 N–H and O–H groups in total. The third-order valence-corrected chi connectivity index (χ3v) is 15.6. The minimum Gasteiger partial charge on any atom is -0.489 e. The Labute approximate surface area is 383 Å². The number of piperidine rings is 2. The summed E-state index contributed by atoms with van der Waals surface area (Å²) in [5, 5.41) is 8.09. The van der Waals surface area contributed by atoms with Crippen LogP contribution in [-0.4, -0.2) is 130 Å². The van der Waals surface area contributed by atoms with E-state index in [0.29, 0.717) is 35.0 Å². The Hall–Kier alpha value is -5.69. The van der Waals surface area contributed by atoms with Gasteiger partial charge in [-0.2, -0.15) is 4.98 Å². The fourth-order valence-corrected chi connectivity index (χ4v) is 10.7. The molecular formula is C46H53ClN10O7S. The van der Waals surface area contributed by atoms with E-state index >= 15 is 0 Å². The lowest BCUT2D eigenvalue weighted by Crippen LogP contribution is -2.70. The Bertz CT molecular complexity index is 2680. The summed E-state index contributed by atoms with van der Waals surface area (Å²) < 4.78 is 32.5. The van der Waals surface area contributed by atoms with E-state index in [4.69, 9.17) is 16.3 Å². The third kappa shape index (κ3) is 8.64. The summed E-state index contributed by atoms with van der Waals surface area (Å²) in [6.45, 7) is 15.0. The van der Waals surface area contributed by atoms with Gasteiger partial charge in [0.15, 0.2) is 20.7 Å². The van der Waals surface area contributed by atoms with E-state index in [1.807, 2.05) is 19.9 Å². The van der Waals surface area contributed by atoms with E-state index < -0.39 is 44.8 Å².